The van der Waals surface area contributed by atoms with E-state index in [1.54, 1.807) is 4.90 Å². The second-order valence-corrected chi connectivity index (χ2v) is 3.35. The minimum absolute atomic E-state index is 0.0255. The summed E-state index contributed by atoms with van der Waals surface area (Å²) in [6.07, 6.45) is -0.684. The van der Waals surface area contributed by atoms with Crippen molar-refractivity contribution in [2.75, 3.05) is 6.61 Å². The molecular formula is C8H15NO3. The van der Waals surface area contributed by atoms with Crippen molar-refractivity contribution < 1.29 is 14.6 Å². The summed E-state index contributed by atoms with van der Waals surface area (Å²) >= 11 is 0. The number of aliphatic hydroxyl groups excluding tert-OH is 1. The fourth-order valence-corrected chi connectivity index (χ4v) is 1.51. The minimum Gasteiger partial charge on any atom is -0.441 e. The van der Waals surface area contributed by atoms with E-state index in [0.29, 0.717) is 0 Å². The molecule has 0 aromatic heterocycles. The second kappa shape index (κ2) is 3.31. The Kier molecular flexibility index (Phi) is 2.57. The molecule has 2 atom stereocenters. The van der Waals surface area contributed by atoms with E-state index >= 15 is 0 Å². The topological polar surface area (TPSA) is 49.8 Å². The summed E-state index contributed by atoms with van der Waals surface area (Å²) in [5, 5.41) is 8.85. The molecular weight excluding hydrogens is 158 g/mol. The lowest BCUT2D eigenvalue weighted by molar-refractivity contribution is 0.0853. The smallest absolute Gasteiger partial charge is 0.410 e. The van der Waals surface area contributed by atoms with Gasteiger partial charge in [-0.15, -0.1) is 0 Å². The second-order valence-electron chi connectivity index (χ2n) is 3.35. The van der Waals surface area contributed by atoms with Crippen LogP contribution in [0.15, 0.2) is 0 Å². The van der Waals surface area contributed by atoms with Gasteiger partial charge < -0.3 is 9.84 Å². The molecule has 1 heterocycles. The van der Waals surface area contributed by atoms with Gasteiger partial charge in [0.1, 0.15) is 6.10 Å². The first kappa shape index (κ1) is 9.32. The molecule has 4 heteroatoms. The van der Waals surface area contributed by atoms with E-state index in [-0.39, 0.29) is 30.9 Å². The summed E-state index contributed by atoms with van der Waals surface area (Å²) in [6, 6.07) is 0.103. The Hall–Kier alpha value is -0.770. The SMILES string of the molecule is CC(C)N1C(=O)O[C@H](CO)C1C. The number of hydrogen-bond donors (Lipinski definition) is 1. The molecule has 1 rings (SSSR count). The number of nitrogens with zero attached hydrogens (tertiary/aromatic N) is 1. The molecule has 70 valence electrons. The summed E-state index contributed by atoms with van der Waals surface area (Å²) in [4.78, 5) is 12.8. The summed E-state index contributed by atoms with van der Waals surface area (Å²) in [5.41, 5.74) is 0. The van der Waals surface area contributed by atoms with Crippen LogP contribution < -0.4 is 0 Å². The van der Waals surface area contributed by atoms with Crippen LogP contribution in [-0.4, -0.2) is 40.9 Å². The summed E-state index contributed by atoms with van der Waals surface area (Å²) in [6.45, 7) is 5.64. The van der Waals surface area contributed by atoms with Crippen LogP contribution in [-0.2, 0) is 4.74 Å². The van der Waals surface area contributed by atoms with E-state index < -0.39 is 0 Å². The van der Waals surface area contributed by atoms with Crippen LogP contribution >= 0.6 is 0 Å². The average Bonchev–Trinajstić information content (AvgIpc) is 2.25. The fraction of sp³-hybridized carbons (Fsp3) is 0.875. The lowest BCUT2D eigenvalue weighted by Crippen LogP contribution is -2.39. The minimum atomic E-state index is -0.361. The Morgan fingerprint density at radius 1 is 1.67 bits per heavy atom. The van der Waals surface area contributed by atoms with Gasteiger partial charge in [0.25, 0.3) is 0 Å². The molecule has 1 N–H and O–H groups in total. The molecule has 1 fully saturated rings. The highest BCUT2D eigenvalue weighted by atomic mass is 16.6. The molecule has 4 nitrogen and oxygen atoms in total. The number of rotatable bonds is 2. The third-order valence-electron chi connectivity index (χ3n) is 2.18. The van der Waals surface area contributed by atoms with E-state index in [2.05, 4.69) is 0 Å². The van der Waals surface area contributed by atoms with Gasteiger partial charge >= 0.3 is 6.09 Å². The molecule has 1 aliphatic heterocycles. The van der Waals surface area contributed by atoms with Crippen molar-refractivity contribution in [1.82, 2.24) is 4.90 Å². The lowest BCUT2D eigenvalue weighted by Gasteiger charge is -2.23. The Labute approximate surface area is 72.1 Å². The molecule has 0 radical (unpaired) electrons. The zero-order valence-electron chi connectivity index (χ0n) is 7.65. The first-order chi connectivity index (χ1) is 5.57. The highest BCUT2D eigenvalue weighted by Gasteiger charge is 2.39. The van der Waals surface area contributed by atoms with Crippen molar-refractivity contribution >= 4 is 6.09 Å². The molecule has 1 amide bonds. The maximum absolute atomic E-state index is 11.2. The van der Waals surface area contributed by atoms with Gasteiger partial charge in [-0.1, -0.05) is 0 Å². The number of carbonyl (C=O) groups is 1. The van der Waals surface area contributed by atoms with Crippen LogP contribution in [0.1, 0.15) is 20.8 Å². The van der Waals surface area contributed by atoms with Crippen molar-refractivity contribution in [3.63, 3.8) is 0 Å². The number of amides is 1. The van der Waals surface area contributed by atoms with Gasteiger partial charge in [-0.3, -0.25) is 4.90 Å². The van der Waals surface area contributed by atoms with Crippen LogP contribution in [0.4, 0.5) is 4.79 Å². The monoisotopic (exact) mass is 173 g/mol. The molecule has 1 aliphatic rings. The maximum atomic E-state index is 11.2. The van der Waals surface area contributed by atoms with Gasteiger partial charge in [-0.25, -0.2) is 4.79 Å². The third-order valence-corrected chi connectivity index (χ3v) is 2.18. The lowest BCUT2D eigenvalue weighted by atomic mass is 10.1. The number of ether oxygens (including phenoxy) is 1. The molecule has 0 aromatic rings. The number of carbonyl (C=O) groups excluding carboxylic acids is 1. The molecule has 1 unspecified atom stereocenters. The first-order valence-corrected chi connectivity index (χ1v) is 4.17. The Balaban J connectivity index is 2.70. The fourth-order valence-electron chi connectivity index (χ4n) is 1.51. The van der Waals surface area contributed by atoms with Gasteiger partial charge in [-0.05, 0) is 20.8 Å². The van der Waals surface area contributed by atoms with Gasteiger partial charge in [0.05, 0.1) is 12.6 Å². The number of aliphatic hydroxyl groups is 1. The predicted octanol–water partition coefficient (Wildman–Crippen LogP) is 0.596. The Bertz CT molecular complexity index is 181. The largest absolute Gasteiger partial charge is 0.441 e. The quantitative estimate of drug-likeness (QED) is 0.665. The van der Waals surface area contributed by atoms with E-state index in [0.717, 1.165) is 0 Å². The van der Waals surface area contributed by atoms with E-state index in [1.165, 1.54) is 0 Å². The van der Waals surface area contributed by atoms with E-state index in [4.69, 9.17) is 9.84 Å². The number of hydrogen-bond acceptors (Lipinski definition) is 3. The van der Waals surface area contributed by atoms with Gasteiger partial charge in [0.15, 0.2) is 0 Å². The average molecular weight is 173 g/mol. The van der Waals surface area contributed by atoms with Crippen LogP contribution in [0.3, 0.4) is 0 Å². The van der Waals surface area contributed by atoms with Crippen molar-refractivity contribution in [1.29, 1.82) is 0 Å². The van der Waals surface area contributed by atoms with Crippen molar-refractivity contribution in [2.45, 2.75) is 39.0 Å². The predicted molar refractivity (Wildman–Crippen MR) is 43.8 cm³/mol. The standard InChI is InChI=1S/C8H15NO3/c1-5(2)9-6(3)7(4-10)12-8(9)11/h5-7,10H,4H2,1-3H3/t6?,7-/m1/s1. The summed E-state index contributed by atoms with van der Waals surface area (Å²) in [7, 11) is 0. The van der Waals surface area contributed by atoms with Crippen LogP contribution in [0.25, 0.3) is 0 Å². The molecule has 0 bridgehead atoms. The van der Waals surface area contributed by atoms with Crippen molar-refractivity contribution in [3.8, 4) is 0 Å². The zero-order chi connectivity index (χ0) is 9.30. The van der Waals surface area contributed by atoms with E-state index in [9.17, 15) is 4.79 Å². The molecule has 0 aromatic carbocycles. The Morgan fingerprint density at radius 2 is 2.25 bits per heavy atom. The zero-order valence-corrected chi connectivity index (χ0v) is 7.65. The third kappa shape index (κ3) is 1.39. The van der Waals surface area contributed by atoms with Crippen LogP contribution in [0.5, 0.6) is 0 Å². The highest BCUT2D eigenvalue weighted by Crippen LogP contribution is 2.21. The van der Waals surface area contributed by atoms with Gasteiger partial charge in [-0.2, -0.15) is 0 Å². The van der Waals surface area contributed by atoms with E-state index in [1.807, 2.05) is 20.8 Å². The summed E-state index contributed by atoms with van der Waals surface area (Å²) < 4.78 is 4.93. The molecule has 0 aliphatic carbocycles. The summed E-state index contributed by atoms with van der Waals surface area (Å²) in [5.74, 6) is 0. The van der Waals surface area contributed by atoms with Gasteiger partial charge in [0, 0.05) is 6.04 Å². The van der Waals surface area contributed by atoms with Crippen LogP contribution in [0, 0.1) is 0 Å². The molecule has 0 spiro atoms. The van der Waals surface area contributed by atoms with Crippen LogP contribution in [0.2, 0.25) is 0 Å². The van der Waals surface area contributed by atoms with Crippen molar-refractivity contribution in [3.05, 3.63) is 0 Å². The van der Waals surface area contributed by atoms with Crippen molar-refractivity contribution in [2.24, 2.45) is 0 Å². The number of cyclic esters (lactones) is 1. The van der Waals surface area contributed by atoms with Gasteiger partial charge in [0.2, 0.25) is 0 Å². The molecule has 1 saturated heterocycles. The first-order valence-electron chi connectivity index (χ1n) is 4.17. The molecule has 12 heavy (non-hydrogen) atoms. The highest BCUT2D eigenvalue weighted by molar-refractivity contribution is 5.71. The normalized spacial score (nSPS) is 29.8. The maximum Gasteiger partial charge on any atom is 0.410 e. The molecule has 0 saturated carbocycles. The Morgan fingerprint density at radius 3 is 2.50 bits per heavy atom.